The Bertz CT molecular complexity index is 478. The number of rotatable bonds is 2. The molecule has 1 aliphatic rings. The molecule has 1 amide bonds. The second-order valence-corrected chi connectivity index (χ2v) is 4.27. The van der Waals surface area contributed by atoms with Gasteiger partial charge in [0.1, 0.15) is 5.69 Å². The molecule has 0 spiro atoms. The molecule has 0 radical (unpaired) electrons. The summed E-state index contributed by atoms with van der Waals surface area (Å²) in [6.45, 7) is 0.646. The maximum absolute atomic E-state index is 12.9. The number of pyridine rings is 1. The lowest BCUT2D eigenvalue weighted by Crippen LogP contribution is -2.42. The van der Waals surface area contributed by atoms with Crippen molar-refractivity contribution in [1.29, 1.82) is 0 Å². The number of aliphatic carboxylic acids is 1. The standard InChI is InChI=1S/C12H13FN2O3/c13-10-5-1-4-9(14-10)11(16)15-6-2-3-8(7-15)12(17)18/h1,4-5,8H,2-3,6-7H2,(H,17,18). The van der Waals surface area contributed by atoms with Crippen LogP contribution in [0.1, 0.15) is 23.3 Å². The summed E-state index contributed by atoms with van der Waals surface area (Å²) in [5, 5.41) is 8.94. The number of halogens is 1. The number of piperidine rings is 1. The van der Waals surface area contributed by atoms with Crippen LogP contribution >= 0.6 is 0 Å². The molecule has 5 nitrogen and oxygen atoms in total. The van der Waals surface area contributed by atoms with Crippen LogP contribution in [0.4, 0.5) is 4.39 Å². The molecule has 6 heteroatoms. The van der Waals surface area contributed by atoms with Gasteiger partial charge in [-0.3, -0.25) is 9.59 Å². The average molecular weight is 252 g/mol. The smallest absolute Gasteiger partial charge is 0.308 e. The second-order valence-electron chi connectivity index (χ2n) is 4.27. The second kappa shape index (κ2) is 5.12. The molecule has 0 aromatic carbocycles. The van der Waals surface area contributed by atoms with E-state index in [1.165, 1.54) is 17.0 Å². The van der Waals surface area contributed by atoms with Gasteiger partial charge in [-0.2, -0.15) is 4.39 Å². The number of hydrogen-bond acceptors (Lipinski definition) is 3. The van der Waals surface area contributed by atoms with E-state index in [1.807, 2.05) is 0 Å². The Labute approximate surface area is 103 Å². The van der Waals surface area contributed by atoms with Crippen LogP contribution in [0.2, 0.25) is 0 Å². The van der Waals surface area contributed by atoms with Crippen molar-refractivity contribution >= 4 is 11.9 Å². The Kier molecular flexibility index (Phi) is 3.55. The highest BCUT2D eigenvalue weighted by Gasteiger charge is 2.29. The van der Waals surface area contributed by atoms with Crippen LogP contribution in [0.3, 0.4) is 0 Å². The zero-order valence-electron chi connectivity index (χ0n) is 9.67. The molecular formula is C12H13FN2O3. The number of nitrogens with zero attached hydrogens (tertiary/aromatic N) is 2. The van der Waals surface area contributed by atoms with Gasteiger partial charge in [0.2, 0.25) is 5.95 Å². The van der Waals surface area contributed by atoms with Gasteiger partial charge in [-0.25, -0.2) is 4.98 Å². The van der Waals surface area contributed by atoms with Crippen molar-refractivity contribution in [2.24, 2.45) is 5.92 Å². The molecule has 1 aromatic rings. The average Bonchev–Trinajstić information content (AvgIpc) is 2.38. The van der Waals surface area contributed by atoms with E-state index in [-0.39, 0.29) is 12.2 Å². The summed E-state index contributed by atoms with van der Waals surface area (Å²) in [5.41, 5.74) is 0.0149. The maximum atomic E-state index is 12.9. The van der Waals surface area contributed by atoms with Crippen LogP contribution in [0.15, 0.2) is 18.2 Å². The molecule has 1 aliphatic heterocycles. The molecule has 2 heterocycles. The van der Waals surface area contributed by atoms with Crippen LogP contribution in [-0.4, -0.2) is 40.0 Å². The van der Waals surface area contributed by atoms with Gasteiger partial charge in [0.25, 0.3) is 5.91 Å². The molecular weight excluding hydrogens is 239 g/mol. The van der Waals surface area contributed by atoms with Crippen molar-refractivity contribution in [2.75, 3.05) is 13.1 Å². The number of carboxylic acid groups (broad SMARTS) is 1. The summed E-state index contributed by atoms with van der Waals surface area (Å²) >= 11 is 0. The van der Waals surface area contributed by atoms with Gasteiger partial charge in [0.05, 0.1) is 5.92 Å². The highest BCUT2D eigenvalue weighted by Crippen LogP contribution is 2.18. The Morgan fingerprint density at radius 3 is 2.89 bits per heavy atom. The first-order valence-corrected chi connectivity index (χ1v) is 5.72. The summed E-state index contributed by atoms with van der Waals surface area (Å²) in [6.07, 6.45) is 1.20. The van der Waals surface area contributed by atoms with Gasteiger partial charge in [-0.1, -0.05) is 6.07 Å². The summed E-state index contributed by atoms with van der Waals surface area (Å²) in [6, 6.07) is 4.00. The maximum Gasteiger partial charge on any atom is 0.308 e. The molecule has 1 aromatic heterocycles. The van der Waals surface area contributed by atoms with Crippen molar-refractivity contribution < 1.29 is 19.1 Å². The first-order chi connectivity index (χ1) is 8.58. The van der Waals surface area contributed by atoms with Crippen LogP contribution < -0.4 is 0 Å². The molecule has 0 aliphatic carbocycles. The normalized spacial score (nSPS) is 19.6. The Morgan fingerprint density at radius 2 is 2.22 bits per heavy atom. The topological polar surface area (TPSA) is 70.5 Å². The van der Waals surface area contributed by atoms with E-state index in [0.717, 1.165) is 6.07 Å². The fourth-order valence-electron chi connectivity index (χ4n) is 2.05. The molecule has 0 bridgehead atoms. The minimum Gasteiger partial charge on any atom is -0.481 e. The van der Waals surface area contributed by atoms with Gasteiger partial charge in [-0.15, -0.1) is 0 Å². The Morgan fingerprint density at radius 1 is 1.44 bits per heavy atom. The summed E-state index contributed by atoms with van der Waals surface area (Å²) in [5.74, 6) is -2.58. The molecule has 18 heavy (non-hydrogen) atoms. The molecule has 96 valence electrons. The molecule has 1 unspecified atom stereocenters. The van der Waals surface area contributed by atoms with Crippen molar-refractivity contribution in [3.63, 3.8) is 0 Å². The van der Waals surface area contributed by atoms with Crippen LogP contribution in [0.5, 0.6) is 0 Å². The van der Waals surface area contributed by atoms with Crippen LogP contribution in [-0.2, 0) is 4.79 Å². The van der Waals surface area contributed by atoms with Crippen molar-refractivity contribution in [3.05, 3.63) is 29.8 Å². The van der Waals surface area contributed by atoms with E-state index < -0.39 is 23.7 Å². The zero-order chi connectivity index (χ0) is 13.1. The van der Waals surface area contributed by atoms with Gasteiger partial charge >= 0.3 is 5.97 Å². The van der Waals surface area contributed by atoms with E-state index in [0.29, 0.717) is 19.4 Å². The van der Waals surface area contributed by atoms with Gasteiger partial charge in [0, 0.05) is 13.1 Å². The Balaban J connectivity index is 2.11. The minimum absolute atomic E-state index is 0.0149. The van der Waals surface area contributed by atoms with Gasteiger partial charge < -0.3 is 10.0 Å². The van der Waals surface area contributed by atoms with E-state index in [4.69, 9.17) is 5.11 Å². The summed E-state index contributed by atoms with van der Waals surface area (Å²) < 4.78 is 12.9. The fourth-order valence-corrected chi connectivity index (χ4v) is 2.05. The summed E-state index contributed by atoms with van der Waals surface area (Å²) in [4.78, 5) is 27.9. The highest BCUT2D eigenvalue weighted by molar-refractivity contribution is 5.92. The predicted molar refractivity (Wildman–Crippen MR) is 60.5 cm³/mol. The van der Waals surface area contributed by atoms with Crippen molar-refractivity contribution in [2.45, 2.75) is 12.8 Å². The lowest BCUT2D eigenvalue weighted by molar-refractivity contribution is -0.143. The lowest BCUT2D eigenvalue weighted by atomic mass is 9.98. The third kappa shape index (κ3) is 2.64. The first kappa shape index (κ1) is 12.5. The molecule has 1 atom stereocenters. The van der Waals surface area contributed by atoms with E-state index in [2.05, 4.69) is 4.98 Å². The summed E-state index contributed by atoms with van der Waals surface area (Å²) in [7, 11) is 0. The quantitative estimate of drug-likeness (QED) is 0.802. The SMILES string of the molecule is O=C(O)C1CCCN(C(=O)c2cccc(F)n2)C1. The molecule has 2 rings (SSSR count). The first-order valence-electron chi connectivity index (χ1n) is 5.72. The number of likely N-dealkylation sites (tertiary alicyclic amines) is 1. The zero-order valence-corrected chi connectivity index (χ0v) is 9.67. The van der Waals surface area contributed by atoms with Crippen molar-refractivity contribution in [3.8, 4) is 0 Å². The van der Waals surface area contributed by atoms with E-state index >= 15 is 0 Å². The third-order valence-corrected chi connectivity index (χ3v) is 2.99. The number of carboxylic acids is 1. The van der Waals surface area contributed by atoms with Gasteiger partial charge in [-0.05, 0) is 25.0 Å². The molecule has 1 saturated heterocycles. The predicted octanol–water partition coefficient (Wildman–Crippen LogP) is 1.16. The molecule has 0 saturated carbocycles. The largest absolute Gasteiger partial charge is 0.481 e. The number of hydrogen-bond donors (Lipinski definition) is 1. The highest BCUT2D eigenvalue weighted by atomic mass is 19.1. The minimum atomic E-state index is -0.903. The van der Waals surface area contributed by atoms with Crippen molar-refractivity contribution in [1.82, 2.24) is 9.88 Å². The number of carbonyl (C=O) groups is 2. The van der Waals surface area contributed by atoms with E-state index in [1.54, 1.807) is 0 Å². The number of aromatic nitrogens is 1. The van der Waals surface area contributed by atoms with Gasteiger partial charge in [0.15, 0.2) is 0 Å². The number of amides is 1. The number of carbonyl (C=O) groups excluding carboxylic acids is 1. The third-order valence-electron chi connectivity index (χ3n) is 2.99. The van der Waals surface area contributed by atoms with E-state index in [9.17, 15) is 14.0 Å². The Hall–Kier alpha value is -1.98. The lowest BCUT2D eigenvalue weighted by Gasteiger charge is -2.30. The molecule has 1 N–H and O–H groups in total. The molecule has 1 fully saturated rings. The van der Waals surface area contributed by atoms with Crippen LogP contribution in [0.25, 0.3) is 0 Å². The van der Waals surface area contributed by atoms with Crippen LogP contribution in [0, 0.1) is 11.9 Å². The monoisotopic (exact) mass is 252 g/mol. The fraction of sp³-hybridized carbons (Fsp3) is 0.417.